The Bertz CT molecular complexity index is 469. The molecular formula is C14H24N4O2S. The number of hydrogen-bond donors (Lipinski definition) is 1. The number of aromatic nitrogens is 2. The lowest BCUT2D eigenvalue weighted by Crippen LogP contribution is -2.49. The van der Waals surface area contributed by atoms with E-state index < -0.39 is 0 Å². The second kappa shape index (κ2) is 7.17. The van der Waals surface area contributed by atoms with Crippen LogP contribution in [0.1, 0.15) is 38.6 Å². The van der Waals surface area contributed by atoms with Gasteiger partial charge in [-0.3, -0.25) is 4.79 Å². The van der Waals surface area contributed by atoms with E-state index in [0.717, 1.165) is 10.1 Å². The van der Waals surface area contributed by atoms with E-state index in [-0.39, 0.29) is 17.9 Å². The second-order valence-corrected chi connectivity index (χ2v) is 6.91. The fraction of sp³-hybridized carbons (Fsp3) is 0.786. The second-order valence-electron chi connectivity index (χ2n) is 5.90. The fourth-order valence-corrected chi connectivity index (χ4v) is 2.94. The maximum atomic E-state index is 12.6. The van der Waals surface area contributed by atoms with E-state index >= 15 is 0 Å². The lowest BCUT2D eigenvalue weighted by molar-refractivity contribution is -0.137. The molecule has 0 aliphatic carbocycles. The van der Waals surface area contributed by atoms with Gasteiger partial charge in [0.05, 0.1) is 13.2 Å². The molecule has 118 valence electrons. The summed E-state index contributed by atoms with van der Waals surface area (Å²) in [7, 11) is 0. The molecule has 1 aromatic heterocycles. The van der Waals surface area contributed by atoms with Crippen molar-refractivity contribution in [2.24, 2.45) is 5.92 Å². The highest BCUT2D eigenvalue weighted by Gasteiger charge is 2.29. The monoisotopic (exact) mass is 312 g/mol. The molecule has 1 atom stereocenters. The van der Waals surface area contributed by atoms with Gasteiger partial charge in [-0.05, 0) is 5.92 Å². The van der Waals surface area contributed by atoms with E-state index in [2.05, 4.69) is 29.4 Å². The minimum atomic E-state index is -0.268. The highest BCUT2D eigenvalue weighted by Crippen LogP contribution is 2.24. The number of ether oxygens (including phenoxy) is 1. The summed E-state index contributed by atoms with van der Waals surface area (Å²) in [5.74, 6) is 0.659. The molecule has 1 N–H and O–H groups in total. The van der Waals surface area contributed by atoms with Crippen LogP contribution in [0.25, 0.3) is 0 Å². The molecular weight excluding hydrogens is 288 g/mol. The van der Waals surface area contributed by atoms with Gasteiger partial charge in [-0.15, -0.1) is 10.2 Å². The minimum absolute atomic E-state index is 0.120. The number of morpholine rings is 1. The van der Waals surface area contributed by atoms with E-state index in [1.165, 1.54) is 11.3 Å². The molecule has 7 heteroatoms. The molecule has 2 rings (SSSR count). The Morgan fingerprint density at radius 2 is 1.90 bits per heavy atom. The van der Waals surface area contributed by atoms with E-state index in [1.807, 2.05) is 18.7 Å². The van der Waals surface area contributed by atoms with Gasteiger partial charge >= 0.3 is 0 Å². The van der Waals surface area contributed by atoms with Crippen LogP contribution in [0, 0.1) is 5.92 Å². The molecule has 0 spiro atoms. The van der Waals surface area contributed by atoms with Crippen molar-refractivity contribution in [3.05, 3.63) is 5.01 Å². The number of hydrogen-bond acceptors (Lipinski definition) is 6. The predicted octanol–water partition coefficient (Wildman–Crippen LogP) is 1.96. The minimum Gasteiger partial charge on any atom is -0.378 e. The lowest BCUT2D eigenvalue weighted by Gasteiger charge is -2.32. The average molecular weight is 312 g/mol. The van der Waals surface area contributed by atoms with Gasteiger partial charge in [0.25, 0.3) is 0 Å². The van der Waals surface area contributed by atoms with Crippen molar-refractivity contribution in [3.8, 4) is 0 Å². The zero-order chi connectivity index (χ0) is 15.4. The molecule has 1 aliphatic heterocycles. The molecule has 0 aromatic carbocycles. The number of anilines is 1. The summed E-state index contributed by atoms with van der Waals surface area (Å²) in [5.41, 5.74) is 0. The Morgan fingerprint density at radius 1 is 1.24 bits per heavy atom. The van der Waals surface area contributed by atoms with Crippen LogP contribution in [0.5, 0.6) is 0 Å². The van der Waals surface area contributed by atoms with Gasteiger partial charge < -0.3 is 15.0 Å². The van der Waals surface area contributed by atoms with Crippen LogP contribution < -0.4 is 5.32 Å². The quantitative estimate of drug-likeness (QED) is 0.900. The van der Waals surface area contributed by atoms with Gasteiger partial charge in [-0.1, -0.05) is 39.0 Å². The van der Waals surface area contributed by atoms with Gasteiger partial charge in [0.15, 0.2) is 0 Å². The van der Waals surface area contributed by atoms with Gasteiger partial charge in [-0.2, -0.15) is 0 Å². The van der Waals surface area contributed by atoms with Crippen LogP contribution >= 0.6 is 11.3 Å². The van der Waals surface area contributed by atoms with Crippen LogP contribution in [-0.2, 0) is 9.53 Å². The summed E-state index contributed by atoms with van der Waals surface area (Å²) < 4.78 is 5.30. The van der Waals surface area contributed by atoms with Crippen LogP contribution in [0.4, 0.5) is 5.13 Å². The maximum absolute atomic E-state index is 12.6. The van der Waals surface area contributed by atoms with Crippen molar-refractivity contribution >= 4 is 22.4 Å². The van der Waals surface area contributed by atoms with Crippen molar-refractivity contribution in [1.29, 1.82) is 0 Å². The molecule has 1 fully saturated rings. The van der Waals surface area contributed by atoms with Crippen molar-refractivity contribution in [1.82, 2.24) is 15.1 Å². The maximum Gasteiger partial charge on any atom is 0.245 e. The smallest absolute Gasteiger partial charge is 0.245 e. The number of amides is 1. The molecule has 1 saturated heterocycles. The molecule has 0 radical (unpaired) electrons. The van der Waals surface area contributed by atoms with Gasteiger partial charge in [0.2, 0.25) is 11.0 Å². The summed E-state index contributed by atoms with van der Waals surface area (Å²) in [4.78, 5) is 14.5. The first-order valence-corrected chi connectivity index (χ1v) is 8.27. The number of carbonyl (C=O) groups excluding carboxylic acids is 1. The number of nitrogens with one attached hydrogen (secondary N) is 1. The lowest BCUT2D eigenvalue weighted by atomic mass is 10.0. The Hall–Kier alpha value is -1.21. The number of rotatable bonds is 5. The molecule has 1 aromatic rings. The third-order valence-corrected chi connectivity index (χ3v) is 4.62. The van der Waals surface area contributed by atoms with Crippen molar-refractivity contribution in [2.45, 2.75) is 39.7 Å². The Balaban J connectivity index is 2.05. The summed E-state index contributed by atoms with van der Waals surface area (Å²) in [5, 5.41) is 13.3. The van der Waals surface area contributed by atoms with Crippen molar-refractivity contribution in [3.63, 3.8) is 0 Å². The van der Waals surface area contributed by atoms with E-state index in [1.54, 1.807) is 0 Å². The van der Waals surface area contributed by atoms with Crippen LogP contribution in [0.15, 0.2) is 0 Å². The van der Waals surface area contributed by atoms with Crippen LogP contribution in [0.2, 0.25) is 0 Å². The van der Waals surface area contributed by atoms with Crippen molar-refractivity contribution < 1.29 is 9.53 Å². The molecule has 21 heavy (non-hydrogen) atoms. The van der Waals surface area contributed by atoms with E-state index in [4.69, 9.17) is 4.74 Å². The third-order valence-electron chi connectivity index (χ3n) is 3.47. The van der Waals surface area contributed by atoms with Gasteiger partial charge in [0.1, 0.15) is 11.0 Å². The SMILES string of the molecule is CC(C)c1nnc(NC(C(=O)N2CCOCC2)C(C)C)s1. The molecule has 0 bridgehead atoms. The van der Waals surface area contributed by atoms with Gasteiger partial charge in [-0.25, -0.2) is 0 Å². The largest absolute Gasteiger partial charge is 0.378 e. The fourth-order valence-electron chi connectivity index (χ4n) is 2.15. The average Bonchev–Trinajstić information content (AvgIpc) is 2.93. The third kappa shape index (κ3) is 4.14. The Labute approximate surface area is 129 Å². The molecule has 1 aliphatic rings. The first kappa shape index (κ1) is 16.2. The molecule has 6 nitrogen and oxygen atoms in total. The van der Waals surface area contributed by atoms with Gasteiger partial charge in [0, 0.05) is 19.0 Å². The standard InChI is InChI=1S/C14H24N4O2S/c1-9(2)11(13(19)18-5-7-20-8-6-18)15-14-17-16-12(21-14)10(3)4/h9-11H,5-8H2,1-4H3,(H,15,17). The molecule has 1 unspecified atom stereocenters. The van der Waals surface area contributed by atoms with Crippen molar-refractivity contribution in [2.75, 3.05) is 31.6 Å². The topological polar surface area (TPSA) is 67.4 Å². The first-order valence-electron chi connectivity index (χ1n) is 7.45. The molecule has 0 saturated carbocycles. The summed E-state index contributed by atoms with van der Waals surface area (Å²) >= 11 is 1.52. The number of carbonyl (C=O) groups is 1. The highest BCUT2D eigenvalue weighted by molar-refractivity contribution is 7.15. The Kier molecular flexibility index (Phi) is 5.52. The van der Waals surface area contributed by atoms with E-state index in [0.29, 0.717) is 32.2 Å². The zero-order valence-electron chi connectivity index (χ0n) is 13.1. The van der Waals surface area contributed by atoms with Crippen LogP contribution in [-0.4, -0.2) is 53.3 Å². The molecule has 1 amide bonds. The van der Waals surface area contributed by atoms with E-state index in [9.17, 15) is 4.79 Å². The Morgan fingerprint density at radius 3 is 2.43 bits per heavy atom. The summed E-state index contributed by atoms with van der Waals surface area (Å²) in [6.45, 7) is 10.8. The first-order chi connectivity index (χ1) is 9.99. The predicted molar refractivity (Wildman–Crippen MR) is 83.6 cm³/mol. The summed E-state index contributed by atoms with van der Waals surface area (Å²) in [6, 6.07) is -0.268. The molecule has 2 heterocycles. The zero-order valence-corrected chi connectivity index (χ0v) is 13.9. The summed E-state index contributed by atoms with van der Waals surface area (Å²) in [6.07, 6.45) is 0. The highest BCUT2D eigenvalue weighted by atomic mass is 32.1. The van der Waals surface area contributed by atoms with Crippen LogP contribution in [0.3, 0.4) is 0 Å². The normalized spacial score (nSPS) is 17.3. The number of nitrogens with zero attached hydrogens (tertiary/aromatic N) is 3.